The number of sulfone groups is 1. The molecule has 0 aliphatic heterocycles. The molecule has 2 heterocycles. The fourth-order valence-electron chi connectivity index (χ4n) is 1.69. The Morgan fingerprint density at radius 2 is 2.00 bits per heavy atom. The highest BCUT2D eigenvalue weighted by atomic mass is 32.2. The van der Waals surface area contributed by atoms with E-state index in [1.807, 2.05) is 12.1 Å². The van der Waals surface area contributed by atoms with Crippen LogP contribution in [0.5, 0.6) is 0 Å². The highest BCUT2D eigenvalue weighted by molar-refractivity contribution is 7.90. The van der Waals surface area contributed by atoms with Gasteiger partial charge in [0.1, 0.15) is 10.7 Å². The maximum atomic E-state index is 11.6. The maximum absolute atomic E-state index is 11.6. The molecule has 0 spiro atoms. The van der Waals surface area contributed by atoms with E-state index in [1.165, 1.54) is 6.26 Å². The smallest absolute Gasteiger partial charge is 0.179 e. The van der Waals surface area contributed by atoms with Crippen LogP contribution in [-0.2, 0) is 16.3 Å². The monoisotopic (exact) mass is 277 g/mol. The van der Waals surface area contributed by atoms with Crippen LogP contribution in [-0.4, -0.2) is 31.2 Å². The molecule has 0 aliphatic carbocycles. The second kappa shape index (κ2) is 5.79. The number of hydrogen-bond donors (Lipinski definition) is 1. The summed E-state index contributed by atoms with van der Waals surface area (Å²) in [5.41, 5.74) is 1.09. The Bertz CT molecular complexity index is 642. The van der Waals surface area contributed by atoms with E-state index in [0.29, 0.717) is 12.4 Å². The molecular weight excluding hydrogens is 262 g/mol. The molecule has 0 saturated carbocycles. The minimum Gasteiger partial charge on any atom is -0.369 e. The first-order valence-corrected chi connectivity index (χ1v) is 7.74. The van der Waals surface area contributed by atoms with Gasteiger partial charge in [-0.25, -0.2) is 13.4 Å². The molecule has 0 atom stereocenters. The van der Waals surface area contributed by atoms with E-state index < -0.39 is 9.84 Å². The number of hydrogen-bond acceptors (Lipinski definition) is 5. The van der Waals surface area contributed by atoms with E-state index in [-0.39, 0.29) is 4.90 Å². The Morgan fingerprint density at radius 3 is 2.68 bits per heavy atom. The number of anilines is 1. The van der Waals surface area contributed by atoms with Crippen molar-refractivity contribution in [2.24, 2.45) is 0 Å². The molecule has 1 N–H and O–H groups in total. The molecule has 0 radical (unpaired) electrons. The lowest BCUT2D eigenvalue weighted by Gasteiger charge is -2.09. The summed E-state index contributed by atoms with van der Waals surface area (Å²) in [6, 6.07) is 7.01. The van der Waals surface area contributed by atoms with Crippen LogP contribution in [0.1, 0.15) is 5.56 Å². The minimum absolute atomic E-state index is 0.223. The molecule has 2 aromatic rings. The molecular formula is C13H15N3O2S. The third-order valence-corrected chi connectivity index (χ3v) is 3.73. The Balaban J connectivity index is 2.05. The predicted molar refractivity (Wildman–Crippen MR) is 73.8 cm³/mol. The van der Waals surface area contributed by atoms with Gasteiger partial charge in [0.15, 0.2) is 9.84 Å². The molecule has 2 rings (SSSR count). The average molecular weight is 277 g/mol. The summed E-state index contributed by atoms with van der Waals surface area (Å²) in [5, 5.41) is 3.05. The summed E-state index contributed by atoms with van der Waals surface area (Å²) >= 11 is 0. The molecule has 5 nitrogen and oxygen atoms in total. The zero-order valence-electron chi connectivity index (χ0n) is 10.6. The first kappa shape index (κ1) is 13.5. The zero-order chi connectivity index (χ0) is 13.7. The van der Waals surface area contributed by atoms with Crippen LogP contribution in [0.3, 0.4) is 0 Å². The van der Waals surface area contributed by atoms with Gasteiger partial charge in [0, 0.05) is 31.4 Å². The van der Waals surface area contributed by atoms with Crippen molar-refractivity contribution in [2.45, 2.75) is 11.3 Å². The summed E-state index contributed by atoms with van der Waals surface area (Å²) < 4.78 is 23.2. The van der Waals surface area contributed by atoms with Crippen molar-refractivity contribution in [1.82, 2.24) is 9.97 Å². The molecule has 0 aromatic carbocycles. The van der Waals surface area contributed by atoms with Crippen molar-refractivity contribution >= 4 is 15.7 Å². The van der Waals surface area contributed by atoms with Crippen molar-refractivity contribution in [3.8, 4) is 0 Å². The van der Waals surface area contributed by atoms with Gasteiger partial charge in [-0.3, -0.25) is 4.98 Å². The topological polar surface area (TPSA) is 72.0 Å². The molecule has 2 aromatic heterocycles. The lowest BCUT2D eigenvalue weighted by atomic mass is 10.2. The van der Waals surface area contributed by atoms with Crippen molar-refractivity contribution in [2.75, 3.05) is 18.1 Å². The van der Waals surface area contributed by atoms with Gasteiger partial charge in [0.05, 0.1) is 0 Å². The quantitative estimate of drug-likeness (QED) is 0.897. The minimum atomic E-state index is -3.27. The largest absolute Gasteiger partial charge is 0.369 e. The van der Waals surface area contributed by atoms with Crippen LogP contribution >= 0.6 is 0 Å². The lowest BCUT2D eigenvalue weighted by molar-refractivity contribution is 0.602. The van der Waals surface area contributed by atoms with Crippen LogP contribution in [0.2, 0.25) is 0 Å². The third-order valence-electron chi connectivity index (χ3n) is 2.60. The van der Waals surface area contributed by atoms with Crippen molar-refractivity contribution in [3.05, 3.63) is 48.4 Å². The van der Waals surface area contributed by atoms with Crippen LogP contribution in [0.25, 0.3) is 0 Å². The maximum Gasteiger partial charge on any atom is 0.179 e. The number of rotatable bonds is 5. The van der Waals surface area contributed by atoms with E-state index in [0.717, 1.165) is 12.0 Å². The van der Waals surface area contributed by atoms with E-state index in [9.17, 15) is 8.42 Å². The molecule has 0 fully saturated rings. The molecule has 100 valence electrons. The summed E-state index contributed by atoms with van der Waals surface area (Å²) in [5.74, 6) is 0.397. The van der Waals surface area contributed by atoms with Gasteiger partial charge in [-0.2, -0.15) is 0 Å². The Hall–Kier alpha value is -1.95. The predicted octanol–water partition coefficient (Wildman–Crippen LogP) is 1.53. The molecule has 6 heteroatoms. The summed E-state index contributed by atoms with van der Waals surface area (Å²) in [6.45, 7) is 0.602. The van der Waals surface area contributed by atoms with Crippen LogP contribution in [0, 0.1) is 0 Å². The fraction of sp³-hybridized carbons (Fsp3) is 0.231. The van der Waals surface area contributed by atoms with Crippen LogP contribution < -0.4 is 5.32 Å². The van der Waals surface area contributed by atoms with Gasteiger partial charge in [-0.15, -0.1) is 0 Å². The highest BCUT2D eigenvalue weighted by Gasteiger charge is 2.13. The Morgan fingerprint density at radius 1 is 1.21 bits per heavy atom. The standard InChI is InChI=1S/C13H15N3O2S/c1-19(17,18)12-5-3-8-15-13(12)16-9-6-11-4-2-7-14-10-11/h2-5,7-8,10H,6,9H2,1H3,(H,15,16). The Kier molecular flexibility index (Phi) is 4.11. The molecule has 19 heavy (non-hydrogen) atoms. The van der Waals surface area contributed by atoms with E-state index in [1.54, 1.807) is 30.7 Å². The van der Waals surface area contributed by atoms with Gasteiger partial charge < -0.3 is 5.32 Å². The van der Waals surface area contributed by atoms with Gasteiger partial charge in [0.2, 0.25) is 0 Å². The highest BCUT2D eigenvalue weighted by Crippen LogP contribution is 2.17. The number of nitrogens with one attached hydrogen (secondary N) is 1. The van der Waals surface area contributed by atoms with Gasteiger partial charge >= 0.3 is 0 Å². The molecule has 0 unspecified atom stereocenters. The molecule has 0 aliphatic rings. The van der Waals surface area contributed by atoms with Gasteiger partial charge in [-0.1, -0.05) is 6.07 Å². The summed E-state index contributed by atoms with van der Waals surface area (Å²) in [4.78, 5) is 8.32. The number of aromatic nitrogens is 2. The SMILES string of the molecule is CS(=O)(=O)c1cccnc1NCCc1cccnc1. The molecule has 0 amide bonds. The van der Waals surface area contributed by atoms with Crippen molar-refractivity contribution in [3.63, 3.8) is 0 Å². The first-order valence-electron chi connectivity index (χ1n) is 5.85. The Labute approximate surface area is 112 Å². The van der Waals surface area contributed by atoms with Crippen molar-refractivity contribution < 1.29 is 8.42 Å². The van der Waals surface area contributed by atoms with Crippen LogP contribution in [0.15, 0.2) is 47.8 Å². The fourth-order valence-corrected chi connectivity index (χ4v) is 2.50. The van der Waals surface area contributed by atoms with Gasteiger partial charge in [-0.05, 0) is 30.2 Å². The van der Waals surface area contributed by atoms with E-state index in [2.05, 4.69) is 15.3 Å². The number of pyridine rings is 2. The molecule has 0 saturated heterocycles. The van der Waals surface area contributed by atoms with E-state index >= 15 is 0 Å². The average Bonchev–Trinajstić information content (AvgIpc) is 2.39. The third kappa shape index (κ3) is 3.75. The summed E-state index contributed by atoms with van der Waals surface area (Å²) in [7, 11) is -3.27. The second-order valence-corrected chi connectivity index (χ2v) is 6.14. The van der Waals surface area contributed by atoms with Gasteiger partial charge in [0.25, 0.3) is 0 Å². The molecule has 0 bridgehead atoms. The normalized spacial score (nSPS) is 11.2. The second-order valence-electron chi connectivity index (χ2n) is 4.16. The summed E-state index contributed by atoms with van der Waals surface area (Å²) in [6.07, 6.45) is 7.01. The number of nitrogens with zero attached hydrogens (tertiary/aromatic N) is 2. The lowest BCUT2D eigenvalue weighted by Crippen LogP contribution is -2.10. The van der Waals surface area contributed by atoms with Crippen molar-refractivity contribution in [1.29, 1.82) is 0 Å². The first-order chi connectivity index (χ1) is 9.07. The van der Waals surface area contributed by atoms with Crippen LogP contribution in [0.4, 0.5) is 5.82 Å². The zero-order valence-corrected chi connectivity index (χ0v) is 11.4. The van der Waals surface area contributed by atoms with E-state index in [4.69, 9.17) is 0 Å².